The van der Waals surface area contributed by atoms with Gasteiger partial charge in [-0.15, -0.1) is 0 Å². The highest BCUT2D eigenvalue weighted by Gasteiger charge is 2.32. The Morgan fingerprint density at radius 2 is 2.00 bits per heavy atom. The van der Waals surface area contributed by atoms with E-state index in [-0.39, 0.29) is 17.8 Å². The molecule has 1 rings (SSSR count). The molecule has 0 bridgehead atoms. The van der Waals surface area contributed by atoms with Crippen molar-refractivity contribution < 1.29 is 27.9 Å². The van der Waals surface area contributed by atoms with Crippen molar-refractivity contribution in [1.82, 2.24) is 4.90 Å². The first-order valence-electron chi connectivity index (χ1n) is 5.79. The van der Waals surface area contributed by atoms with Crippen LogP contribution in [0.3, 0.4) is 0 Å². The van der Waals surface area contributed by atoms with Crippen molar-refractivity contribution in [1.29, 1.82) is 0 Å². The fourth-order valence-corrected chi connectivity index (χ4v) is 1.90. The largest absolute Gasteiger partial charge is 0.478 e. The van der Waals surface area contributed by atoms with E-state index in [4.69, 9.17) is 5.11 Å². The molecular weight excluding hydrogens is 357 g/mol. The van der Waals surface area contributed by atoms with Gasteiger partial charge in [-0.05, 0) is 25.1 Å². The Labute approximate surface area is 126 Å². The van der Waals surface area contributed by atoms with Crippen LogP contribution in [0.5, 0.6) is 0 Å². The Bertz CT molecular complexity index is 549. The molecule has 0 aliphatic rings. The molecular formula is C12H12BrF3N2O3. The zero-order valence-corrected chi connectivity index (χ0v) is 12.5. The standard InChI is InChI=1S/C12H12BrF3N2O3/c1-2-18(6-12(14,15)16)11(21)17-9-4-3-7(13)5-8(9)10(19)20/h3-5H,2,6H2,1H3,(H,17,21)(H,19,20). The van der Waals surface area contributed by atoms with Crippen molar-refractivity contribution in [2.24, 2.45) is 0 Å². The van der Waals surface area contributed by atoms with Crippen LogP contribution < -0.4 is 5.32 Å². The average molecular weight is 369 g/mol. The lowest BCUT2D eigenvalue weighted by Gasteiger charge is -2.23. The lowest BCUT2D eigenvalue weighted by molar-refractivity contribution is -0.139. The monoisotopic (exact) mass is 368 g/mol. The molecule has 0 heterocycles. The molecule has 21 heavy (non-hydrogen) atoms. The van der Waals surface area contributed by atoms with Crippen LogP contribution in [0, 0.1) is 0 Å². The van der Waals surface area contributed by atoms with Crippen molar-refractivity contribution in [3.8, 4) is 0 Å². The smallest absolute Gasteiger partial charge is 0.406 e. The maximum absolute atomic E-state index is 12.3. The number of carboxylic acid groups (broad SMARTS) is 1. The number of hydrogen-bond acceptors (Lipinski definition) is 2. The van der Waals surface area contributed by atoms with Gasteiger partial charge < -0.3 is 15.3 Å². The van der Waals surface area contributed by atoms with Crippen molar-refractivity contribution in [2.75, 3.05) is 18.4 Å². The number of nitrogens with one attached hydrogen (secondary N) is 1. The summed E-state index contributed by atoms with van der Waals surface area (Å²) < 4.78 is 37.5. The molecule has 2 N–H and O–H groups in total. The number of urea groups is 1. The van der Waals surface area contributed by atoms with Gasteiger partial charge in [0, 0.05) is 11.0 Å². The lowest BCUT2D eigenvalue weighted by atomic mass is 10.2. The Kier molecular flexibility index (Phi) is 5.59. The van der Waals surface area contributed by atoms with E-state index >= 15 is 0 Å². The van der Waals surface area contributed by atoms with Gasteiger partial charge in [-0.2, -0.15) is 13.2 Å². The minimum absolute atomic E-state index is 0.0728. The average Bonchev–Trinajstić information content (AvgIpc) is 2.36. The number of carbonyl (C=O) groups excluding carboxylic acids is 1. The van der Waals surface area contributed by atoms with Crippen LogP contribution in [0.4, 0.5) is 23.7 Å². The zero-order chi connectivity index (χ0) is 16.2. The zero-order valence-electron chi connectivity index (χ0n) is 10.9. The summed E-state index contributed by atoms with van der Waals surface area (Å²) in [6.45, 7) is -0.177. The first-order chi connectivity index (χ1) is 9.64. The number of nitrogens with zero attached hydrogens (tertiary/aromatic N) is 1. The number of halogens is 4. The van der Waals surface area contributed by atoms with E-state index in [1.807, 2.05) is 0 Å². The van der Waals surface area contributed by atoms with Gasteiger partial charge in [-0.1, -0.05) is 15.9 Å². The Morgan fingerprint density at radius 3 is 2.48 bits per heavy atom. The van der Waals surface area contributed by atoms with Crippen molar-refractivity contribution in [3.63, 3.8) is 0 Å². The predicted octanol–water partition coefficient (Wildman–Crippen LogP) is 3.56. The van der Waals surface area contributed by atoms with Gasteiger partial charge in [-0.3, -0.25) is 0 Å². The third-order valence-electron chi connectivity index (χ3n) is 2.49. The molecule has 0 fully saturated rings. The summed E-state index contributed by atoms with van der Waals surface area (Å²) in [6, 6.07) is 3.01. The number of carbonyl (C=O) groups is 2. The first kappa shape index (κ1) is 17.3. The van der Waals surface area contributed by atoms with Gasteiger partial charge in [0.15, 0.2) is 0 Å². The molecule has 2 amide bonds. The second-order valence-electron chi connectivity index (χ2n) is 4.05. The molecule has 1 aromatic rings. The number of rotatable bonds is 4. The minimum Gasteiger partial charge on any atom is -0.478 e. The summed E-state index contributed by atoms with van der Waals surface area (Å²) in [4.78, 5) is 23.4. The summed E-state index contributed by atoms with van der Waals surface area (Å²) >= 11 is 3.08. The van der Waals surface area contributed by atoms with E-state index < -0.39 is 24.7 Å². The molecule has 9 heteroatoms. The topological polar surface area (TPSA) is 69.6 Å². The summed E-state index contributed by atoms with van der Waals surface area (Å²) in [6.07, 6.45) is -4.53. The highest BCUT2D eigenvalue weighted by Crippen LogP contribution is 2.22. The molecule has 0 unspecified atom stereocenters. The molecule has 0 spiro atoms. The molecule has 0 radical (unpaired) electrons. The molecule has 0 aliphatic carbocycles. The van der Waals surface area contributed by atoms with E-state index in [0.717, 1.165) is 0 Å². The van der Waals surface area contributed by atoms with E-state index in [1.54, 1.807) is 0 Å². The van der Waals surface area contributed by atoms with Crippen LogP contribution >= 0.6 is 15.9 Å². The molecule has 0 aromatic heterocycles. The van der Waals surface area contributed by atoms with Gasteiger partial charge in [-0.25, -0.2) is 9.59 Å². The van der Waals surface area contributed by atoms with Gasteiger partial charge in [0.25, 0.3) is 0 Å². The maximum Gasteiger partial charge on any atom is 0.406 e. The number of hydrogen-bond donors (Lipinski definition) is 2. The third kappa shape index (κ3) is 5.25. The molecule has 0 saturated heterocycles. The number of alkyl halides is 3. The quantitative estimate of drug-likeness (QED) is 0.853. The van der Waals surface area contributed by atoms with Crippen LogP contribution in [0.15, 0.2) is 22.7 Å². The molecule has 0 saturated carbocycles. The molecule has 116 valence electrons. The van der Waals surface area contributed by atoms with E-state index in [1.165, 1.54) is 25.1 Å². The van der Waals surface area contributed by atoms with Crippen molar-refractivity contribution in [3.05, 3.63) is 28.2 Å². The maximum atomic E-state index is 12.3. The molecule has 1 aromatic carbocycles. The SMILES string of the molecule is CCN(CC(F)(F)F)C(=O)Nc1ccc(Br)cc1C(=O)O. The molecule has 0 atom stereocenters. The van der Waals surface area contributed by atoms with Crippen molar-refractivity contribution in [2.45, 2.75) is 13.1 Å². The summed E-state index contributed by atoms with van der Waals surface area (Å²) in [5.41, 5.74) is -0.294. The van der Waals surface area contributed by atoms with Crippen LogP contribution in [-0.4, -0.2) is 41.3 Å². The molecule has 0 aliphatic heterocycles. The van der Waals surface area contributed by atoms with Crippen LogP contribution in [-0.2, 0) is 0 Å². The number of anilines is 1. The van der Waals surface area contributed by atoms with E-state index in [9.17, 15) is 22.8 Å². The fourth-order valence-electron chi connectivity index (χ4n) is 1.54. The van der Waals surface area contributed by atoms with Gasteiger partial charge in [0.2, 0.25) is 0 Å². The molecule has 5 nitrogen and oxygen atoms in total. The summed E-state index contributed by atoms with van der Waals surface area (Å²) in [5.74, 6) is -1.30. The van der Waals surface area contributed by atoms with Gasteiger partial charge in [0.1, 0.15) is 6.54 Å². The highest BCUT2D eigenvalue weighted by molar-refractivity contribution is 9.10. The van der Waals surface area contributed by atoms with Crippen LogP contribution in [0.1, 0.15) is 17.3 Å². The second-order valence-corrected chi connectivity index (χ2v) is 4.97. The third-order valence-corrected chi connectivity index (χ3v) is 2.99. The number of carboxylic acids is 1. The minimum atomic E-state index is -4.53. The number of aromatic carboxylic acids is 1. The van der Waals surface area contributed by atoms with Gasteiger partial charge in [0.05, 0.1) is 11.3 Å². The van der Waals surface area contributed by atoms with Crippen LogP contribution in [0.2, 0.25) is 0 Å². The first-order valence-corrected chi connectivity index (χ1v) is 6.59. The second kappa shape index (κ2) is 6.79. The van der Waals surface area contributed by atoms with E-state index in [2.05, 4.69) is 21.2 Å². The van der Waals surface area contributed by atoms with E-state index in [0.29, 0.717) is 9.37 Å². The highest BCUT2D eigenvalue weighted by atomic mass is 79.9. The summed E-state index contributed by atoms with van der Waals surface area (Å²) in [7, 11) is 0. The van der Waals surface area contributed by atoms with Gasteiger partial charge >= 0.3 is 18.2 Å². The number of amides is 2. The fraction of sp³-hybridized carbons (Fsp3) is 0.333. The van der Waals surface area contributed by atoms with Crippen LogP contribution in [0.25, 0.3) is 0 Å². The Balaban J connectivity index is 2.94. The predicted molar refractivity (Wildman–Crippen MR) is 73.4 cm³/mol. The normalized spacial score (nSPS) is 11.1. The Morgan fingerprint density at radius 1 is 1.38 bits per heavy atom. The summed E-state index contributed by atoms with van der Waals surface area (Å²) in [5, 5.41) is 11.2. The Hall–Kier alpha value is -1.77. The van der Waals surface area contributed by atoms with Crippen molar-refractivity contribution >= 4 is 33.6 Å². The lowest BCUT2D eigenvalue weighted by Crippen LogP contribution is -2.41. The number of benzene rings is 1.